The zero-order valence-corrected chi connectivity index (χ0v) is 10.8. The number of aromatic carboxylic acids is 1. The van der Waals surface area contributed by atoms with Crippen molar-refractivity contribution in [1.82, 2.24) is 9.99 Å². The number of carboxylic acids is 1. The van der Waals surface area contributed by atoms with Gasteiger partial charge in [0.25, 0.3) is 0 Å². The lowest BCUT2D eigenvalue weighted by Gasteiger charge is -2.39. The summed E-state index contributed by atoms with van der Waals surface area (Å²) in [5, 5.41) is 11.1. The van der Waals surface area contributed by atoms with E-state index in [1.165, 1.54) is 12.5 Å². The van der Waals surface area contributed by atoms with Crippen molar-refractivity contribution in [2.24, 2.45) is 0 Å². The minimum atomic E-state index is -1.00. The van der Waals surface area contributed by atoms with Crippen LogP contribution in [-0.2, 0) is 0 Å². The molecule has 0 spiro atoms. The Morgan fingerprint density at radius 1 is 1.39 bits per heavy atom. The smallest absolute Gasteiger partial charge is 0.354 e. The van der Waals surface area contributed by atoms with Crippen LogP contribution >= 0.6 is 0 Å². The van der Waals surface area contributed by atoms with Gasteiger partial charge in [-0.15, -0.1) is 0 Å². The molecule has 0 amide bonds. The maximum Gasteiger partial charge on any atom is 0.354 e. The van der Waals surface area contributed by atoms with Crippen LogP contribution < -0.4 is 5.43 Å². The van der Waals surface area contributed by atoms with Crippen molar-refractivity contribution < 1.29 is 9.90 Å². The molecule has 2 atom stereocenters. The molecule has 1 saturated heterocycles. The van der Waals surface area contributed by atoms with Crippen molar-refractivity contribution in [3.05, 3.63) is 23.9 Å². The summed E-state index contributed by atoms with van der Waals surface area (Å²) in [6.45, 7) is 4.34. The second-order valence-electron chi connectivity index (χ2n) is 4.86. The van der Waals surface area contributed by atoms with Crippen LogP contribution in [0.2, 0.25) is 0 Å². The van der Waals surface area contributed by atoms with Gasteiger partial charge in [-0.05, 0) is 38.8 Å². The Labute approximate surface area is 107 Å². The van der Waals surface area contributed by atoms with Crippen molar-refractivity contribution in [3.63, 3.8) is 0 Å². The highest BCUT2D eigenvalue weighted by Gasteiger charge is 2.24. The first-order valence-corrected chi connectivity index (χ1v) is 6.33. The molecule has 1 aromatic rings. The summed E-state index contributed by atoms with van der Waals surface area (Å²) in [7, 11) is 0. The fourth-order valence-corrected chi connectivity index (χ4v) is 2.39. The van der Waals surface area contributed by atoms with Crippen molar-refractivity contribution in [2.45, 2.75) is 45.2 Å². The average Bonchev–Trinajstić information content (AvgIpc) is 2.34. The number of nitrogens with zero attached hydrogens (tertiary/aromatic N) is 2. The Kier molecular flexibility index (Phi) is 3.81. The van der Waals surface area contributed by atoms with Gasteiger partial charge in [0.1, 0.15) is 5.82 Å². The van der Waals surface area contributed by atoms with E-state index in [1.807, 2.05) is 0 Å². The number of hydrogen-bond donors (Lipinski definition) is 2. The Bertz CT molecular complexity index is 426. The highest BCUT2D eigenvalue weighted by molar-refractivity contribution is 5.85. The van der Waals surface area contributed by atoms with E-state index in [0.29, 0.717) is 17.9 Å². The standard InChI is InChI=1S/C13H19N3O2/c1-9-5-3-6-10(2)16(9)15-12-8-4-7-11(14-12)13(17)18/h4,7-10H,3,5-6H2,1-2H3,(H,14,15)(H,17,18). The molecular formula is C13H19N3O2. The van der Waals surface area contributed by atoms with Gasteiger partial charge in [-0.2, -0.15) is 0 Å². The maximum atomic E-state index is 10.9. The SMILES string of the molecule is CC1CCCC(C)N1Nc1cccc(C(=O)O)n1. The van der Waals surface area contributed by atoms with Gasteiger partial charge < -0.3 is 10.5 Å². The number of rotatable bonds is 3. The van der Waals surface area contributed by atoms with Crippen LogP contribution in [-0.4, -0.2) is 33.2 Å². The summed E-state index contributed by atoms with van der Waals surface area (Å²) in [4.78, 5) is 15.0. The van der Waals surface area contributed by atoms with Crippen LogP contribution in [0.25, 0.3) is 0 Å². The van der Waals surface area contributed by atoms with E-state index in [2.05, 4.69) is 29.3 Å². The zero-order valence-electron chi connectivity index (χ0n) is 10.8. The quantitative estimate of drug-likeness (QED) is 0.861. The molecule has 18 heavy (non-hydrogen) atoms. The lowest BCUT2D eigenvalue weighted by atomic mass is 10.00. The largest absolute Gasteiger partial charge is 0.477 e. The molecule has 98 valence electrons. The van der Waals surface area contributed by atoms with Crippen LogP contribution in [0, 0.1) is 0 Å². The van der Waals surface area contributed by atoms with Crippen molar-refractivity contribution >= 4 is 11.8 Å². The lowest BCUT2D eigenvalue weighted by molar-refractivity contribution is 0.0690. The van der Waals surface area contributed by atoms with Gasteiger partial charge in [0.15, 0.2) is 5.69 Å². The summed E-state index contributed by atoms with van der Waals surface area (Å²) in [6.07, 6.45) is 3.54. The van der Waals surface area contributed by atoms with Crippen LogP contribution in [0.5, 0.6) is 0 Å². The summed E-state index contributed by atoms with van der Waals surface area (Å²) in [5.74, 6) is -0.408. The molecule has 0 aromatic carbocycles. The van der Waals surface area contributed by atoms with Crippen molar-refractivity contribution in [3.8, 4) is 0 Å². The van der Waals surface area contributed by atoms with Crippen molar-refractivity contribution in [2.75, 3.05) is 5.43 Å². The Morgan fingerprint density at radius 3 is 2.67 bits per heavy atom. The first-order chi connectivity index (χ1) is 8.58. The van der Waals surface area contributed by atoms with Crippen LogP contribution in [0.3, 0.4) is 0 Å². The van der Waals surface area contributed by atoms with E-state index >= 15 is 0 Å². The molecule has 1 aliphatic rings. The molecule has 2 rings (SSSR count). The molecule has 1 fully saturated rings. The number of anilines is 1. The number of carbonyl (C=O) groups is 1. The molecule has 2 N–H and O–H groups in total. The number of pyridine rings is 1. The second-order valence-corrected chi connectivity index (χ2v) is 4.86. The van der Waals surface area contributed by atoms with Gasteiger partial charge in [-0.3, -0.25) is 0 Å². The molecule has 2 unspecified atom stereocenters. The summed E-state index contributed by atoms with van der Waals surface area (Å²) in [6, 6.07) is 5.86. The molecule has 1 aromatic heterocycles. The van der Waals surface area contributed by atoms with Crippen LogP contribution in [0.1, 0.15) is 43.6 Å². The van der Waals surface area contributed by atoms with Crippen LogP contribution in [0.15, 0.2) is 18.2 Å². The minimum absolute atomic E-state index is 0.0670. The third-order valence-electron chi connectivity index (χ3n) is 3.41. The molecule has 0 radical (unpaired) electrons. The van der Waals surface area contributed by atoms with E-state index in [-0.39, 0.29) is 5.69 Å². The third kappa shape index (κ3) is 2.79. The molecule has 1 aliphatic heterocycles. The highest BCUT2D eigenvalue weighted by Crippen LogP contribution is 2.22. The normalized spacial score (nSPS) is 24.8. The zero-order chi connectivity index (χ0) is 13.1. The van der Waals surface area contributed by atoms with Gasteiger partial charge in [0.2, 0.25) is 0 Å². The number of hydrogen-bond acceptors (Lipinski definition) is 4. The average molecular weight is 249 g/mol. The highest BCUT2D eigenvalue weighted by atomic mass is 16.4. The third-order valence-corrected chi connectivity index (χ3v) is 3.41. The van der Waals surface area contributed by atoms with E-state index < -0.39 is 5.97 Å². The molecule has 5 nitrogen and oxygen atoms in total. The topological polar surface area (TPSA) is 65.5 Å². The molecule has 2 heterocycles. The Morgan fingerprint density at radius 2 is 2.06 bits per heavy atom. The summed E-state index contributed by atoms with van der Waals surface area (Å²) in [5.41, 5.74) is 3.30. The van der Waals surface area contributed by atoms with Gasteiger partial charge in [-0.25, -0.2) is 14.8 Å². The number of piperidine rings is 1. The number of hydrazine groups is 1. The van der Waals surface area contributed by atoms with Gasteiger partial charge >= 0.3 is 5.97 Å². The number of nitrogens with one attached hydrogen (secondary N) is 1. The van der Waals surface area contributed by atoms with E-state index in [0.717, 1.165) is 12.8 Å². The first-order valence-electron chi connectivity index (χ1n) is 6.33. The predicted molar refractivity (Wildman–Crippen MR) is 69.4 cm³/mol. The van der Waals surface area contributed by atoms with Gasteiger partial charge in [0.05, 0.1) is 0 Å². The maximum absolute atomic E-state index is 10.9. The monoisotopic (exact) mass is 249 g/mol. The second kappa shape index (κ2) is 5.35. The summed E-state index contributed by atoms with van der Waals surface area (Å²) >= 11 is 0. The predicted octanol–water partition coefficient (Wildman–Crippen LogP) is 2.37. The first kappa shape index (κ1) is 12.8. The lowest BCUT2D eigenvalue weighted by Crippen LogP contribution is -2.47. The van der Waals surface area contributed by atoms with E-state index in [1.54, 1.807) is 12.1 Å². The number of carboxylic acid groups (broad SMARTS) is 1. The van der Waals surface area contributed by atoms with E-state index in [4.69, 9.17) is 5.11 Å². The van der Waals surface area contributed by atoms with E-state index in [9.17, 15) is 4.79 Å². The number of aromatic nitrogens is 1. The molecular weight excluding hydrogens is 230 g/mol. The fourth-order valence-electron chi connectivity index (χ4n) is 2.39. The Balaban J connectivity index is 2.12. The van der Waals surface area contributed by atoms with Crippen LogP contribution in [0.4, 0.5) is 5.82 Å². The fraction of sp³-hybridized carbons (Fsp3) is 0.538. The van der Waals surface area contributed by atoms with Crippen molar-refractivity contribution in [1.29, 1.82) is 0 Å². The minimum Gasteiger partial charge on any atom is -0.477 e. The van der Waals surface area contributed by atoms with Gasteiger partial charge in [-0.1, -0.05) is 12.5 Å². The van der Waals surface area contributed by atoms with Gasteiger partial charge in [0, 0.05) is 12.1 Å². The molecule has 0 saturated carbocycles. The molecule has 0 bridgehead atoms. The summed E-state index contributed by atoms with van der Waals surface area (Å²) < 4.78 is 0. The molecule has 0 aliphatic carbocycles. The molecule has 5 heteroatoms. The Hall–Kier alpha value is -1.62.